The number of H-pyrrole nitrogens is 1. The van der Waals surface area contributed by atoms with Gasteiger partial charge in [0.2, 0.25) is 5.91 Å². The average Bonchev–Trinajstić information content (AvgIpc) is 3.45. The van der Waals surface area contributed by atoms with Crippen molar-refractivity contribution in [3.05, 3.63) is 30.1 Å². The third-order valence-corrected chi connectivity index (χ3v) is 8.12. The summed E-state index contributed by atoms with van der Waals surface area (Å²) < 4.78 is 0. The fourth-order valence-corrected chi connectivity index (χ4v) is 6.60. The molecular weight excluding hydrogens is 398 g/mol. The van der Waals surface area contributed by atoms with E-state index in [2.05, 4.69) is 15.6 Å². The van der Waals surface area contributed by atoms with E-state index in [0.29, 0.717) is 11.7 Å². The van der Waals surface area contributed by atoms with Crippen LogP contribution in [0.2, 0.25) is 0 Å². The van der Waals surface area contributed by atoms with Gasteiger partial charge < -0.3 is 20.5 Å². The number of fused-ring (bicyclic) bond motifs is 2. The van der Waals surface area contributed by atoms with Crippen LogP contribution in [-0.2, 0) is 4.79 Å². The highest BCUT2D eigenvalue weighted by molar-refractivity contribution is 8.00. The van der Waals surface area contributed by atoms with Gasteiger partial charge in [0.25, 0.3) is 0 Å². The van der Waals surface area contributed by atoms with Crippen molar-refractivity contribution in [1.29, 1.82) is 0 Å². The van der Waals surface area contributed by atoms with E-state index < -0.39 is 0 Å². The standard InChI is InChI=1S/C22H29N5O2S/c28-19(11-4-3-10-18-20-16(13-30-18)25-22(29)26-20)27-12-6-5-9-17(27)21-23-14-7-1-2-8-15(14)24-21/h1-2,7-8,16-18,20H,3-6,9-13H2,(H,23,24)(H2,25,26,29)/t16-,17+,18-,20-/m0/s1. The van der Waals surface area contributed by atoms with Crippen LogP contribution in [0.25, 0.3) is 11.0 Å². The molecular formula is C22H29N5O2S. The molecule has 0 unspecified atom stereocenters. The molecule has 0 bridgehead atoms. The molecule has 3 aliphatic rings. The van der Waals surface area contributed by atoms with Crippen LogP contribution < -0.4 is 10.6 Å². The second kappa shape index (κ2) is 8.49. The topological polar surface area (TPSA) is 90.1 Å². The molecule has 0 radical (unpaired) electrons. The van der Waals surface area contributed by atoms with E-state index in [-0.39, 0.29) is 30.1 Å². The number of carbonyl (C=O) groups is 2. The summed E-state index contributed by atoms with van der Waals surface area (Å²) in [6.07, 6.45) is 6.73. The number of carbonyl (C=O) groups excluding carboxylic acids is 2. The predicted molar refractivity (Wildman–Crippen MR) is 118 cm³/mol. The fourth-order valence-electron chi connectivity index (χ4n) is 5.05. The Morgan fingerprint density at radius 3 is 3.00 bits per heavy atom. The number of piperidine rings is 1. The van der Waals surface area contributed by atoms with Gasteiger partial charge in [-0.25, -0.2) is 9.78 Å². The first-order valence-electron chi connectivity index (χ1n) is 11.1. The largest absolute Gasteiger partial charge is 0.340 e. The van der Waals surface area contributed by atoms with Crippen molar-refractivity contribution in [3.63, 3.8) is 0 Å². The molecule has 3 N–H and O–H groups in total. The molecule has 2 aromatic rings. The van der Waals surface area contributed by atoms with Gasteiger partial charge in [-0.3, -0.25) is 4.79 Å². The zero-order valence-corrected chi connectivity index (χ0v) is 17.9. The second-order valence-corrected chi connectivity index (χ2v) is 9.88. The monoisotopic (exact) mass is 427 g/mol. The fraction of sp³-hybridized carbons (Fsp3) is 0.591. The summed E-state index contributed by atoms with van der Waals surface area (Å²) in [6, 6.07) is 8.59. The Balaban J connectivity index is 1.15. The minimum Gasteiger partial charge on any atom is -0.340 e. The average molecular weight is 428 g/mol. The summed E-state index contributed by atoms with van der Waals surface area (Å²) in [5.41, 5.74) is 2.00. The van der Waals surface area contributed by atoms with Crippen LogP contribution >= 0.6 is 11.8 Å². The number of amides is 3. The molecule has 3 aliphatic heterocycles. The molecule has 3 amide bonds. The van der Waals surface area contributed by atoms with E-state index in [9.17, 15) is 9.59 Å². The van der Waals surface area contributed by atoms with Crippen molar-refractivity contribution in [2.75, 3.05) is 12.3 Å². The SMILES string of the molecule is O=C1N[C@H]2[C@H](CS[C@H]2CCCCC(=O)N2CCCC[C@@H]2c2nc3ccccc3[nH]2)N1. The molecule has 1 aromatic heterocycles. The normalized spacial score (nSPS) is 28.4. The Labute approximate surface area is 180 Å². The first kappa shape index (κ1) is 19.7. The first-order valence-corrected chi connectivity index (χ1v) is 12.2. The highest BCUT2D eigenvalue weighted by Gasteiger charge is 2.42. The van der Waals surface area contributed by atoms with Gasteiger partial charge in [-0.15, -0.1) is 0 Å². The van der Waals surface area contributed by atoms with E-state index >= 15 is 0 Å². The number of aromatic amines is 1. The quantitative estimate of drug-likeness (QED) is 0.487. The van der Waals surface area contributed by atoms with E-state index in [1.807, 2.05) is 40.9 Å². The molecule has 1 aromatic carbocycles. The van der Waals surface area contributed by atoms with Crippen LogP contribution in [0.4, 0.5) is 4.79 Å². The Morgan fingerprint density at radius 2 is 2.10 bits per heavy atom. The lowest BCUT2D eigenvalue weighted by molar-refractivity contribution is -0.135. The number of hydrogen-bond acceptors (Lipinski definition) is 4. The Morgan fingerprint density at radius 1 is 1.20 bits per heavy atom. The lowest BCUT2D eigenvalue weighted by Gasteiger charge is -2.34. The zero-order valence-electron chi connectivity index (χ0n) is 17.1. The minimum absolute atomic E-state index is 0.0350. The van der Waals surface area contributed by atoms with Crippen molar-refractivity contribution in [2.24, 2.45) is 0 Å². The molecule has 5 rings (SSSR count). The van der Waals surface area contributed by atoms with Crippen LogP contribution in [0.3, 0.4) is 0 Å². The first-order chi connectivity index (χ1) is 14.7. The smallest absolute Gasteiger partial charge is 0.315 e. The summed E-state index contributed by atoms with van der Waals surface area (Å²) >= 11 is 1.94. The van der Waals surface area contributed by atoms with Crippen molar-refractivity contribution >= 4 is 34.7 Å². The van der Waals surface area contributed by atoms with Crippen LogP contribution in [-0.4, -0.2) is 56.4 Å². The van der Waals surface area contributed by atoms with Gasteiger partial charge in [-0.1, -0.05) is 18.6 Å². The summed E-state index contributed by atoms with van der Waals surface area (Å²) in [7, 11) is 0. The van der Waals surface area contributed by atoms with E-state index in [0.717, 1.165) is 67.7 Å². The van der Waals surface area contributed by atoms with Crippen molar-refractivity contribution < 1.29 is 9.59 Å². The third-order valence-electron chi connectivity index (χ3n) is 6.61. The number of nitrogens with one attached hydrogen (secondary N) is 3. The van der Waals surface area contributed by atoms with Crippen LogP contribution in [0.1, 0.15) is 56.8 Å². The lowest BCUT2D eigenvalue weighted by atomic mass is 9.99. The highest BCUT2D eigenvalue weighted by Crippen LogP contribution is 2.34. The van der Waals surface area contributed by atoms with Gasteiger partial charge in [-0.2, -0.15) is 11.8 Å². The second-order valence-electron chi connectivity index (χ2n) is 8.61. The van der Waals surface area contributed by atoms with Gasteiger partial charge in [0.05, 0.1) is 29.2 Å². The van der Waals surface area contributed by atoms with E-state index in [4.69, 9.17) is 4.98 Å². The molecule has 30 heavy (non-hydrogen) atoms. The summed E-state index contributed by atoms with van der Waals surface area (Å²) in [5, 5.41) is 6.49. The number of aromatic nitrogens is 2. The zero-order chi connectivity index (χ0) is 20.5. The number of likely N-dealkylation sites (tertiary alicyclic amines) is 1. The molecule has 0 saturated carbocycles. The van der Waals surface area contributed by atoms with E-state index in [1.54, 1.807) is 0 Å². The molecule has 160 valence electrons. The number of urea groups is 1. The number of para-hydroxylation sites is 2. The molecule has 8 heteroatoms. The molecule has 4 heterocycles. The highest BCUT2D eigenvalue weighted by atomic mass is 32.2. The minimum atomic E-state index is -0.0350. The summed E-state index contributed by atoms with van der Waals surface area (Å²) in [4.78, 5) is 34.8. The lowest BCUT2D eigenvalue weighted by Crippen LogP contribution is -2.39. The molecule has 7 nitrogen and oxygen atoms in total. The van der Waals surface area contributed by atoms with Gasteiger partial charge in [-0.05, 0) is 44.2 Å². The van der Waals surface area contributed by atoms with Crippen LogP contribution in [0.5, 0.6) is 0 Å². The van der Waals surface area contributed by atoms with Crippen LogP contribution in [0.15, 0.2) is 24.3 Å². The Bertz CT molecular complexity index is 898. The molecule has 0 aliphatic carbocycles. The summed E-state index contributed by atoms with van der Waals surface area (Å²) in [6.45, 7) is 0.820. The number of nitrogens with zero attached hydrogens (tertiary/aromatic N) is 2. The maximum Gasteiger partial charge on any atom is 0.315 e. The number of thioether (sulfide) groups is 1. The van der Waals surface area contributed by atoms with Crippen molar-refractivity contribution in [1.82, 2.24) is 25.5 Å². The number of rotatable bonds is 6. The van der Waals surface area contributed by atoms with Gasteiger partial charge in [0.1, 0.15) is 5.82 Å². The van der Waals surface area contributed by atoms with Crippen molar-refractivity contribution in [3.8, 4) is 0 Å². The number of hydrogen-bond donors (Lipinski definition) is 3. The maximum absolute atomic E-state index is 13.0. The van der Waals surface area contributed by atoms with Crippen molar-refractivity contribution in [2.45, 2.75) is 68.3 Å². The Hall–Kier alpha value is -2.22. The van der Waals surface area contributed by atoms with E-state index in [1.165, 1.54) is 0 Å². The summed E-state index contributed by atoms with van der Waals surface area (Å²) in [5.74, 6) is 2.15. The molecule has 3 saturated heterocycles. The number of unbranched alkanes of at least 4 members (excludes halogenated alkanes) is 1. The van der Waals surface area contributed by atoms with Gasteiger partial charge >= 0.3 is 6.03 Å². The number of benzene rings is 1. The maximum atomic E-state index is 13.0. The van der Waals surface area contributed by atoms with Crippen LogP contribution in [0, 0.1) is 0 Å². The number of imidazole rings is 1. The predicted octanol–water partition coefficient (Wildman–Crippen LogP) is 3.34. The third kappa shape index (κ3) is 3.89. The van der Waals surface area contributed by atoms with Gasteiger partial charge in [0, 0.05) is 24.0 Å². The Kier molecular flexibility index (Phi) is 5.58. The van der Waals surface area contributed by atoms with Gasteiger partial charge in [0.15, 0.2) is 0 Å². The molecule has 0 spiro atoms. The molecule has 4 atom stereocenters. The molecule has 3 fully saturated rings.